The first kappa shape index (κ1) is 23.6. The van der Waals surface area contributed by atoms with Crippen molar-refractivity contribution in [3.05, 3.63) is 53.3 Å². The van der Waals surface area contributed by atoms with E-state index in [1.54, 1.807) is 32.0 Å². The fourth-order valence-corrected chi connectivity index (χ4v) is 5.92. The summed E-state index contributed by atoms with van der Waals surface area (Å²) in [5.41, 5.74) is 1.56. The van der Waals surface area contributed by atoms with E-state index in [1.807, 2.05) is 18.4 Å². The number of sulfonamides is 1. The number of rotatable bonds is 8. The smallest absolute Gasteiger partial charge is 0.243 e. The number of imidazole rings is 1. The number of nitrogens with zero attached hydrogens (tertiary/aromatic N) is 3. The van der Waals surface area contributed by atoms with Gasteiger partial charge in [0.15, 0.2) is 22.6 Å². The van der Waals surface area contributed by atoms with Crippen molar-refractivity contribution in [1.29, 1.82) is 0 Å². The summed E-state index contributed by atoms with van der Waals surface area (Å²) in [4.78, 5) is 4.74. The van der Waals surface area contributed by atoms with Gasteiger partial charge in [0.25, 0.3) is 0 Å². The molecule has 0 aliphatic heterocycles. The maximum atomic E-state index is 13.5. The Bertz CT molecular complexity index is 1180. The van der Waals surface area contributed by atoms with Crippen molar-refractivity contribution in [2.75, 3.05) is 13.1 Å². The minimum atomic E-state index is -3.63. The van der Waals surface area contributed by atoms with Crippen molar-refractivity contribution in [3.63, 3.8) is 0 Å². The van der Waals surface area contributed by atoms with Gasteiger partial charge in [0, 0.05) is 24.9 Å². The van der Waals surface area contributed by atoms with Gasteiger partial charge in [0.05, 0.1) is 15.9 Å². The predicted octanol–water partition coefficient (Wildman–Crippen LogP) is 5.36. The van der Waals surface area contributed by atoms with E-state index in [0.717, 1.165) is 17.6 Å². The molecule has 0 aliphatic carbocycles. The van der Waals surface area contributed by atoms with Crippen LogP contribution in [0.5, 0.6) is 0 Å². The number of thioether (sulfide) groups is 1. The monoisotopic (exact) mass is 471 g/mol. The lowest BCUT2D eigenvalue weighted by molar-refractivity contribution is 0.445. The molecule has 0 aliphatic rings. The molecular weight excluding hydrogens is 447 g/mol. The first-order valence-corrected chi connectivity index (χ1v) is 12.3. The van der Waals surface area contributed by atoms with E-state index < -0.39 is 27.5 Å². The lowest BCUT2D eigenvalue weighted by Crippen LogP contribution is -2.30. The molecule has 1 heterocycles. The second-order valence-electron chi connectivity index (χ2n) is 7.26. The normalized spacial score (nSPS) is 12.4. The van der Waals surface area contributed by atoms with Gasteiger partial charge in [-0.15, -0.1) is 0 Å². The third-order valence-corrected chi connectivity index (χ3v) is 7.97. The summed E-state index contributed by atoms with van der Waals surface area (Å²) >= 11 is 1.24. The van der Waals surface area contributed by atoms with Crippen LogP contribution in [0.4, 0.5) is 13.2 Å². The van der Waals surface area contributed by atoms with E-state index in [-0.39, 0.29) is 22.3 Å². The van der Waals surface area contributed by atoms with Crippen LogP contribution >= 0.6 is 11.8 Å². The molecule has 0 atom stereocenters. The molecule has 0 fully saturated rings. The van der Waals surface area contributed by atoms with Crippen molar-refractivity contribution in [1.82, 2.24) is 13.9 Å². The molecule has 0 radical (unpaired) electrons. The van der Waals surface area contributed by atoms with Crippen molar-refractivity contribution < 1.29 is 21.6 Å². The van der Waals surface area contributed by atoms with E-state index in [2.05, 4.69) is 4.98 Å². The topological polar surface area (TPSA) is 55.2 Å². The van der Waals surface area contributed by atoms with E-state index >= 15 is 0 Å². The third-order valence-electron chi connectivity index (χ3n) is 4.90. The van der Waals surface area contributed by atoms with E-state index in [9.17, 15) is 21.6 Å². The highest BCUT2D eigenvalue weighted by Crippen LogP contribution is 2.32. The zero-order valence-corrected chi connectivity index (χ0v) is 19.3. The standard InChI is InChI=1S/C21H24F3N3O2S2/c1-5-26(6-2)31(28,29)15-7-8-19-18(11-15)25-21(27(19)13(3)4)30-12-14-9-16(22)20(24)17(23)10-14/h7-11,13H,5-6,12H2,1-4H3. The van der Waals surface area contributed by atoms with Gasteiger partial charge in [-0.3, -0.25) is 0 Å². The number of halogens is 3. The summed E-state index contributed by atoms with van der Waals surface area (Å²) < 4.78 is 69.2. The summed E-state index contributed by atoms with van der Waals surface area (Å²) in [6, 6.07) is 6.77. The Hall–Kier alpha value is -2.04. The van der Waals surface area contributed by atoms with Crippen LogP contribution in [0.15, 0.2) is 40.4 Å². The highest BCUT2D eigenvalue weighted by Gasteiger charge is 2.23. The Labute approximate surface area is 184 Å². The van der Waals surface area contributed by atoms with Gasteiger partial charge in [0.1, 0.15) is 0 Å². The van der Waals surface area contributed by atoms with Crippen molar-refractivity contribution >= 4 is 32.8 Å². The van der Waals surface area contributed by atoms with Crippen molar-refractivity contribution in [2.24, 2.45) is 0 Å². The second kappa shape index (κ2) is 9.22. The van der Waals surface area contributed by atoms with Crippen LogP contribution in [-0.2, 0) is 15.8 Å². The average Bonchev–Trinajstić information content (AvgIpc) is 3.08. The maximum Gasteiger partial charge on any atom is 0.243 e. The molecule has 0 bridgehead atoms. The molecule has 5 nitrogen and oxygen atoms in total. The summed E-state index contributed by atoms with van der Waals surface area (Å²) in [7, 11) is -3.63. The fourth-order valence-electron chi connectivity index (χ4n) is 3.37. The van der Waals surface area contributed by atoms with Gasteiger partial charge in [0.2, 0.25) is 10.0 Å². The maximum absolute atomic E-state index is 13.5. The third kappa shape index (κ3) is 4.61. The number of benzene rings is 2. The number of aromatic nitrogens is 2. The number of fused-ring (bicyclic) bond motifs is 1. The fraction of sp³-hybridized carbons (Fsp3) is 0.381. The molecular formula is C21H24F3N3O2S2. The summed E-state index contributed by atoms with van der Waals surface area (Å²) in [6.07, 6.45) is 0. The molecule has 0 saturated carbocycles. The largest absolute Gasteiger partial charge is 0.316 e. The number of hydrogen-bond donors (Lipinski definition) is 0. The molecule has 1 aromatic heterocycles. The first-order chi connectivity index (χ1) is 14.6. The predicted molar refractivity (Wildman–Crippen MR) is 116 cm³/mol. The highest BCUT2D eigenvalue weighted by molar-refractivity contribution is 7.98. The molecule has 10 heteroatoms. The summed E-state index contributed by atoms with van der Waals surface area (Å²) in [5.74, 6) is -3.79. The Balaban J connectivity index is 1.99. The number of hydrogen-bond acceptors (Lipinski definition) is 4. The Kier molecular flexibility index (Phi) is 7.02. The van der Waals surface area contributed by atoms with E-state index in [0.29, 0.717) is 23.8 Å². The van der Waals surface area contributed by atoms with Crippen LogP contribution in [0.2, 0.25) is 0 Å². The van der Waals surface area contributed by atoms with Crippen LogP contribution in [-0.4, -0.2) is 35.4 Å². The summed E-state index contributed by atoms with van der Waals surface area (Å²) in [5, 5.41) is 0.576. The molecule has 0 saturated heterocycles. The molecule has 168 valence electrons. The summed E-state index contributed by atoms with van der Waals surface area (Å²) in [6.45, 7) is 8.21. The quantitative estimate of drug-likeness (QED) is 0.328. The Morgan fingerprint density at radius 3 is 2.23 bits per heavy atom. The molecule has 0 unspecified atom stereocenters. The van der Waals surface area contributed by atoms with Gasteiger partial charge in [-0.2, -0.15) is 4.31 Å². The molecule has 2 aromatic carbocycles. The van der Waals surface area contributed by atoms with Gasteiger partial charge < -0.3 is 4.57 Å². The highest BCUT2D eigenvalue weighted by atomic mass is 32.2. The van der Waals surface area contributed by atoms with Gasteiger partial charge in [-0.1, -0.05) is 25.6 Å². The van der Waals surface area contributed by atoms with E-state index in [1.165, 1.54) is 16.1 Å². The zero-order chi connectivity index (χ0) is 22.9. The SMILES string of the molecule is CCN(CC)S(=O)(=O)c1ccc2c(c1)nc(SCc1cc(F)c(F)c(F)c1)n2C(C)C. The molecule has 0 amide bonds. The van der Waals surface area contributed by atoms with Crippen molar-refractivity contribution in [3.8, 4) is 0 Å². The van der Waals surface area contributed by atoms with Crippen LogP contribution in [0, 0.1) is 17.5 Å². The van der Waals surface area contributed by atoms with Gasteiger partial charge in [-0.05, 0) is 49.7 Å². The van der Waals surface area contributed by atoms with Crippen LogP contribution in [0.1, 0.15) is 39.3 Å². The molecule has 3 rings (SSSR count). The van der Waals surface area contributed by atoms with E-state index in [4.69, 9.17) is 0 Å². The van der Waals surface area contributed by atoms with Gasteiger partial charge in [-0.25, -0.2) is 26.6 Å². The Morgan fingerprint density at radius 1 is 1.06 bits per heavy atom. The molecule has 0 spiro atoms. The average molecular weight is 472 g/mol. The van der Waals surface area contributed by atoms with Crippen LogP contribution < -0.4 is 0 Å². The van der Waals surface area contributed by atoms with Crippen LogP contribution in [0.3, 0.4) is 0 Å². The van der Waals surface area contributed by atoms with Crippen molar-refractivity contribution in [2.45, 2.75) is 49.5 Å². The minimum absolute atomic E-state index is 0.0134. The van der Waals surface area contributed by atoms with Crippen LogP contribution in [0.25, 0.3) is 11.0 Å². The molecule has 31 heavy (non-hydrogen) atoms. The second-order valence-corrected chi connectivity index (χ2v) is 10.1. The minimum Gasteiger partial charge on any atom is -0.316 e. The lowest BCUT2D eigenvalue weighted by atomic mass is 10.2. The first-order valence-electron chi connectivity index (χ1n) is 9.88. The zero-order valence-electron chi connectivity index (χ0n) is 17.7. The molecule has 3 aromatic rings. The van der Waals surface area contributed by atoms with Gasteiger partial charge >= 0.3 is 0 Å². The lowest BCUT2D eigenvalue weighted by Gasteiger charge is -2.18. The Morgan fingerprint density at radius 2 is 1.68 bits per heavy atom. The molecule has 0 N–H and O–H groups in total.